The second-order valence-corrected chi connectivity index (χ2v) is 5.28. The summed E-state index contributed by atoms with van der Waals surface area (Å²) in [5.41, 5.74) is 0. The third-order valence-electron chi connectivity index (χ3n) is 3.04. The van der Waals surface area contributed by atoms with Crippen LogP contribution in [-0.4, -0.2) is 16.5 Å². The standard InChI is InChI=1S/C16H14BrN3O/c1-2-18-15-14(17)16(20-10-19-15)21-13-8-7-11-5-3-4-6-12(11)9-13/h3-10H,2H2,1H3,(H,18,19,20). The Morgan fingerprint density at radius 2 is 1.90 bits per heavy atom. The number of benzene rings is 2. The highest BCUT2D eigenvalue weighted by atomic mass is 79.9. The predicted octanol–water partition coefficient (Wildman–Crippen LogP) is 4.62. The highest BCUT2D eigenvalue weighted by molar-refractivity contribution is 9.10. The normalized spacial score (nSPS) is 10.6. The largest absolute Gasteiger partial charge is 0.438 e. The van der Waals surface area contributed by atoms with Gasteiger partial charge in [0, 0.05) is 6.54 Å². The molecule has 1 heterocycles. The van der Waals surface area contributed by atoms with E-state index in [1.807, 2.05) is 37.3 Å². The average Bonchev–Trinajstić information content (AvgIpc) is 2.51. The zero-order valence-electron chi connectivity index (χ0n) is 11.5. The van der Waals surface area contributed by atoms with Crippen molar-refractivity contribution < 1.29 is 4.74 Å². The van der Waals surface area contributed by atoms with Crippen molar-refractivity contribution in [1.82, 2.24) is 9.97 Å². The Bertz CT molecular complexity index is 776. The Labute approximate surface area is 131 Å². The average molecular weight is 344 g/mol. The van der Waals surface area contributed by atoms with Crippen LogP contribution >= 0.6 is 15.9 Å². The number of rotatable bonds is 4. The maximum Gasteiger partial charge on any atom is 0.238 e. The zero-order valence-corrected chi connectivity index (χ0v) is 13.1. The molecule has 3 rings (SSSR count). The van der Waals surface area contributed by atoms with E-state index in [0.29, 0.717) is 5.88 Å². The van der Waals surface area contributed by atoms with Gasteiger partial charge in [0.05, 0.1) is 0 Å². The number of nitrogens with one attached hydrogen (secondary N) is 1. The molecule has 0 aliphatic rings. The molecule has 5 heteroatoms. The lowest BCUT2D eigenvalue weighted by atomic mass is 10.1. The number of nitrogens with zero attached hydrogens (tertiary/aromatic N) is 2. The van der Waals surface area contributed by atoms with E-state index in [1.165, 1.54) is 11.7 Å². The molecule has 106 valence electrons. The minimum Gasteiger partial charge on any atom is -0.438 e. The minimum absolute atomic E-state index is 0.497. The van der Waals surface area contributed by atoms with Crippen molar-refractivity contribution in [3.8, 4) is 11.6 Å². The molecule has 3 aromatic rings. The molecule has 0 aliphatic carbocycles. The Morgan fingerprint density at radius 1 is 1.10 bits per heavy atom. The fraction of sp³-hybridized carbons (Fsp3) is 0.125. The van der Waals surface area contributed by atoms with Crippen molar-refractivity contribution in [3.05, 3.63) is 53.3 Å². The molecule has 0 saturated carbocycles. The molecule has 0 amide bonds. The summed E-state index contributed by atoms with van der Waals surface area (Å²) in [7, 11) is 0. The number of halogens is 1. The minimum atomic E-state index is 0.497. The first-order valence-corrected chi connectivity index (χ1v) is 7.48. The fourth-order valence-corrected chi connectivity index (χ4v) is 2.48. The molecule has 0 saturated heterocycles. The summed E-state index contributed by atoms with van der Waals surface area (Å²) in [5, 5.41) is 5.47. The summed E-state index contributed by atoms with van der Waals surface area (Å²) in [6.45, 7) is 2.80. The maximum atomic E-state index is 5.87. The number of aromatic nitrogens is 2. The first-order valence-electron chi connectivity index (χ1n) is 6.69. The number of hydrogen-bond donors (Lipinski definition) is 1. The van der Waals surface area contributed by atoms with Gasteiger partial charge >= 0.3 is 0 Å². The summed E-state index contributed by atoms with van der Waals surface area (Å²) in [6.07, 6.45) is 1.49. The Balaban J connectivity index is 1.93. The van der Waals surface area contributed by atoms with Crippen LogP contribution in [0.2, 0.25) is 0 Å². The van der Waals surface area contributed by atoms with E-state index in [4.69, 9.17) is 4.74 Å². The van der Waals surface area contributed by atoms with Crippen molar-refractivity contribution >= 4 is 32.5 Å². The summed E-state index contributed by atoms with van der Waals surface area (Å²) < 4.78 is 6.59. The third kappa shape index (κ3) is 2.97. The molecule has 0 spiro atoms. The molecule has 2 aromatic carbocycles. The van der Waals surface area contributed by atoms with E-state index in [-0.39, 0.29) is 0 Å². The first kappa shape index (κ1) is 13.8. The second kappa shape index (κ2) is 6.10. The van der Waals surface area contributed by atoms with Crippen LogP contribution in [0.4, 0.5) is 5.82 Å². The molecule has 0 unspecified atom stereocenters. The number of fused-ring (bicyclic) bond motifs is 1. The Kier molecular flexibility index (Phi) is 4.01. The maximum absolute atomic E-state index is 5.87. The van der Waals surface area contributed by atoms with Crippen LogP contribution in [-0.2, 0) is 0 Å². The van der Waals surface area contributed by atoms with Crippen LogP contribution in [0.3, 0.4) is 0 Å². The summed E-state index contributed by atoms with van der Waals surface area (Å²) >= 11 is 3.48. The van der Waals surface area contributed by atoms with Gasteiger partial charge in [-0.15, -0.1) is 0 Å². The monoisotopic (exact) mass is 343 g/mol. The molecule has 0 atom stereocenters. The van der Waals surface area contributed by atoms with Gasteiger partial charge in [0.1, 0.15) is 22.4 Å². The molecular weight excluding hydrogens is 330 g/mol. The lowest BCUT2D eigenvalue weighted by molar-refractivity contribution is 0.459. The van der Waals surface area contributed by atoms with Gasteiger partial charge in [-0.05, 0) is 45.8 Å². The molecule has 0 aliphatic heterocycles. The molecule has 1 aromatic heterocycles. The van der Waals surface area contributed by atoms with Gasteiger partial charge in [-0.1, -0.05) is 30.3 Å². The van der Waals surface area contributed by atoms with Gasteiger partial charge in [-0.3, -0.25) is 0 Å². The molecular formula is C16H14BrN3O. The van der Waals surface area contributed by atoms with Crippen LogP contribution in [0.25, 0.3) is 10.8 Å². The van der Waals surface area contributed by atoms with E-state index in [9.17, 15) is 0 Å². The molecule has 0 radical (unpaired) electrons. The smallest absolute Gasteiger partial charge is 0.238 e. The van der Waals surface area contributed by atoms with Crippen LogP contribution in [0.15, 0.2) is 53.3 Å². The van der Waals surface area contributed by atoms with Crippen molar-refractivity contribution in [1.29, 1.82) is 0 Å². The highest BCUT2D eigenvalue weighted by Crippen LogP contribution is 2.32. The van der Waals surface area contributed by atoms with Crippen LogP contribution in [0.5, 0.6) is 11.6 Å². The fourth-order valence-electron chi connectivity index (χ4n) is 2.06. The molecule has 1 N–H and O–H groups in total. The summed E-state index contributed by atoms with van der Waals surface area (Å²) in [4.78, 5) is 8.35. The van der Waals surface area contributed by atoms with Crippen molar-refractivity contribution in [2.45, 2.75) is 6.92 Å². The van der Waals surface area contributed by atoms with Crippen LogP contribution in [0.1, 0.15) is 6.92 Å². The van der Waals surface area contributed by atoms with E-state index in [1.54, 1.807) is 0 Å². The second-order valence-electron chi connectivity index (χ2n) is 4.48. The number of anilines is 1. The predicted molar refractivity (Wildman–Crippen MR) is 87.9 cm³/mol. The van der Waals surface area contributed by atoms with Crippen molar-refractivity contribution in [2.75, 3.05) is 11.9 Å². The van der Waals surface area contributed by atoms with E-state index in [0.717, 1.165) is 28.0 Å². The SMILES string of the molecule is CCNc1ncnc(Oc2ccc3ccccc3c2)c1Br. The van der Waals surface area contributed by atoms with Gasteiger partial charge in [-0.2, -0.15) is 0 Å². The topological polar surface area (TPSA) is 47.0 Å². The summed E-state index contributed by atoms with van der Waals surface area (Å²) in [6, 6.07) is 14.1. The first-order chi connectivity index (χ1) is 10.3. The number of ether oxygens (including phenoxy) is 1. The molecule has 0 bridgehead atoms. The quantitative estimate of drug-likeness (QED) is 0.750. The van der Waals surface area contributed by atoms with Crippen molar-refractivity contribution in [2.24, 2.45) is 0 Å². The van der Waals surface area contributed by atoms with Crippen LogP contribution in [0, 0.1) is 0 Å². The zero-order chi connectivity index (χ0) is 14.7. The van der Waals surface area contributed by atoms with E-state index in [2.05, 4.69) is 43.3 Å². The highest BCUT2D eigenvalue weighted by Gasteiger charge is 2.10. The van der Waals surface area contributed by atoms with Gasteiger partial charge in [0.2, 0.25) is 5.88 Å². The lowest BCUT2D eigenvalue weighted by Crippen LogP contribution is -2.02. The van der Waals surface area contributed by atoms with E-state index < -0.39 is 0 Å². The third-order valence-corrected chi connectivity index (χ3v) is 3.75. The Morgan fingerprint density at radius 3 is 2.71 bits per heavy atom. The van der Waals surface area contributed by atoms with Gasteiger partial charge in [-0.25, -0.2) is 9.97 Å². The summed E-state index contributed by atoms with van der Waals surface area (Å²) in [5.74, 6) is 1.97. The van der Waals surface area contributed by atoms with Crippen molar-refractivity contribution in [3.63, 3.8) is 0 Å². The van der Waals surface area contributed by atoms with Gasteiger partial charge < -0.3 is 10.1 Å². The Hall–Kier alpha value is -2.14. The number of hydrogen-bond acceptors (Lipinski definition) is 4. The lowest BCUT2D eigenvalue weighted by Gasteiger charge is -2.10. The van der Waals surface area contributed by atoms with Gasteiger partial charge in [0.25, 0.3) is 0 Å². The van der Waals surface area contributed by atoms with Gasteiger partial charge in [0.15, 0.2) is 0 Å². The molecule has 4 nitrogen and oxygen atoms in total. The molecule has 0 fully saturated rings. The van der Waals surface area contributed by atoms with E-state index >= 15 is 0 Å². The molecule has 21 heavy (non-hydrogen) atoms. The van der Waals surface area contributed by atoms with Crippen LogP contribution < -0.4 is 10.1 Å².